The summed E-state index contributed by atoms with van der Waals surface area (Å²) in [5.74, 6) is 5.17. The molecule has 1 aliphatic heterocycles. The van der Waals surface area contributed by atoms with Gasteiger partial charge in [-0.15, -0.1) is 0 Å². The predicted molar refractivity (Wildman–Crippen MR) is 68.4 cm³/mol. The Hall–Kier alpha value is 0.660. The van der Waals surface area contributed by atoms with Crippen LogP contribution < -0.4 is 5.32 Å². The number of thioether (sulfide) groups is 2. The van der Waals surface area contributed by atoms with Gasteiger partial charge in [-0.1, -0.05) is 12.8 Å². The van der Waals surface area contributed by atoms with Gasteiger partial charge in [0.2, 0.25) is 0 Å². The van der Waals surface area contributed by atoms with Crippen LogP contribution >= 0.6 is 23.5 Å². The van der Waals surface area contributed by atoms with Gasteiger partial charge in [0.25, 0.3) is 0 Å². The molecule has 82 valence electrons. The van der Waals surface area contributed by atoms with E-state index in [1.54, 1.807) is 0 Å². The summed E-state index contributed by atoms with van der Waals surface area (Å²) < 4.78 is 0. The molecule has 0 aromatic heterocycles. The Morgan fingerprint density at radius 3 is 2.79 bits per heavy atom. The smallest absolute Gasteiger partial charge is 0.0291 e. The molecule has 14 heavy (non-hydrogen) atoms. The SMILES string of the molecule is CNC(CCC1CC1)C1CSCCS1. The molecular weight excluding hydrogens is 210 g/mol. The second-order valence-corrected chi connectivity index (χ2v) is 6.90. The van der Waals surface area contributed by atoms with Crippen LogP contribution in [0.25, 0.3) is 0 Å². The minimum atomic E-state index is 0.772. The highest BCUT2D eigenvalue weighted by Crippen LogP contribution is 2.35. The first-order chi connectivity index (χ1) is 6.90. The number of hydrogen-bond donors (Lipinski definition) is 1. The molecule has 2 rings (SSSR count). The monoisotopic (exact) mass is 231 g/mol. The number of rotatable bonds is 5. The quantitative estimate of drug-likeness (QED) is 0.781. The molecule has 0 aromatic rings. The van der Waals surface area contributed by atoms with Gasteiger partial charge in [-0.25, -0.2) is 0 Å². The van der Waals surface area contributed by atoms with E-state index in [-0.39, 0.29) is 0 Å². The lowest BCUT2D eigenvalue weighted by Crippen LogP contribution is -2.39. The molecule has 2 fully saturated rings. The average Bonchev–Trinajstić information content (AvgIpc) is 3.04. The van der Waals surface area contributed by atoms with Crippen molar-refractivity contribution in [2.45, 2.75) is 37.0 Å². The van der Waals surface area contributed by atoms with Gasteiger partial charge in [-0.3, -0.25) is 0 Å². The van der Waals surface area contributed by atoms with Crippen LogP contribution in [0.5, 0.6) is 0 Å². The van der Waals surface area contributed by atoms with Gasteiger partial charge in [0.05, 0.1) is 0 Å². The van der Waals surface area contributed by atoms with Crippen molar-refractivity contribution in [3.05, 3.63) is 0 Å². The van der Waals surface area contributed by atoms with Crippen molar-refractivity contribution in [2.24, 2.45) is 5.92 Å². The fourth-order valence-electron chi connectivity index (χ4n) is 2.08. The fraction of sp³-hybridized carbons (Fsp3) is 1.00. The van der Waals surface area contributed by atoms with E-state index in [0.717, 1.165) is 17.2 Å². The van der Waals surface area contributed by atoms with Crippen LogP contribution in [0.3, 0.4) is 0 Å². The zero-order chi connectivity index (χ0) is 9.80. The van der Waals surface area contributed by atoms with Crippen LogP contribution in [0, 0.1) is 5.92 Å². The van der Waals surface area contributed by atoms with Crippen molar-refractivity contribution in [3.8, 4) is 0 Å². The van der Waals surface area contributed by atoms with Crippen LogP contribution in [0.2, 0.25) is 0 Å². The Morgan fingerprint density at radius 2 is 2.21 bits per heavy atom. The Bertz CT molecular complexity index is 165. The first-order valence-corrected chi connectivity index (χ1v) is 7.97. The standard InChI is InChI=1S/C11H21NS2/c1-12-10(5-4-9-2-3-9)11-8-13-6-7-14-11/h9-12H,2-8H2,1H3. The minimum Gasteiger partial charge on any atom is -0.316 e. The molecule has 1 aliphatic carbocycles. The van der Waals surface area contributed by atoms with Crippen LogP contribution in [-0.4, -0.2) is 35.6 Å². The summed E-state index contributed by atoms with van der Waals surface area (Å²) in [6.45, 7) is 0. The Balaban J connectivity index is 1.71. The molecule has 0 bridgehead atoms. The van der Waals surface area contributed by atoms with E-state index >= 15 is 0 Å². The lowest BCUT2D eigenvalue weighted by Gasteiger charge is -2.29. The van der Waals surface area contributed by atoms with E-state index in [9.17, 15) is 0 Å². The molecule has 3 heteroatoms. The van der Waals surface area contributed by atoms with Crippen molar-refractivity contribution in [1.82, 2.24) is 5.32 Å². The van der Waals surface area contributed by atoms with E-state index in [1.165, 1.54) is 42.9 Å². The molecule has 0 aromatic carbocycles. The van der Waals surface area contributed by atoms with E-state index < -0.39 is 0 Å². The lowest BCUT2D eigenvalue weighted by molar-refractivity contribution is 0.486. The van der Waals surface area contributed by atoms with E-state index in [0.29, 0.717) is 0 Å². The summed E-state index contributed by atoms with van der Waals surface area (Å²) in [6.07, 6.45) is 5.87. The number of hydrogen-bond acceptors (Lipinski definition) is 3. The van der Waals surface area contributed by atoms with Gasteiger partial charge < -0.3 is 5.32 Å². The highest BCUT2D eigenvalue weighted by Gasteiger charge is 2.27. The summed E-state index contributed by atoms with van der Waals surface area (Å²) in [5, 5.41) is 4.39. The fourth-order valence-corrected chi connectivity index (χ4v) is 5.04. The lowest BCUT2D eigenvalue weighted by atomic mass is 10.1. The molecule has 1 saturated carbocycles. The molecule has 2 atom stereocenters. The highest BCUT2D eigenvalue weighted by molar-refractivity contribution is 8.06. The third-order valence-electron chi connectivity index (χ3n) is 3.24. The van der Waals surface area contributed by atoms with E-state index in [2.05, 4.69) is 35.9 Å². The maximum absolute atomic E-state index is 3.52. The molecule has 2 aliphatic rings. The molecule has 0 spiro atoms. The van der Waals surface area contributed by atoms with Crippen molar-refractivity contribution >= 4 is 23.5 Å². The summed E-state index contributed by atoms with van der Waals surface area (Å²) in [5.41, 5.74) is 0. The molecule has 2 unspecified atom stereocenters. The van der Waals surface area contributed by atoms with Crippen LogP contribution in [-0.2, 0) is 0 Å². The van der Waals surface area contributed by atoms with Crippen molar-refractivity contribution in [3.63, 3.8) is 0 Å². The highest BCUT2D eigenvalue weighted by atomic mass is 32.2. The first-order valence-electron chi connectivity index (χ1n) is 5.76. The minimum absolute atomic E-state index is 0.772. The zero-order valence-electron chi connectivity index (χ0n) is 9.00. The van der Waals surface area contributed by atoms with Gasteiger partial charge in [0.15, 0.2) is 0 Å². The summed E-state index contributed by atoms with van der Waals surface area (Å²) in [7, 11) is 2.14. The second-order valence-electron chi connectivity index (χ2n) is 4.40. The zero-order valence-corrected chi connectivity index (χ0v) is 10.6. The molecule has 1 nitrogen and oxygen atoms in total. The second kappa shape index (κ2) is 5.66. The van der Waals surface area contributed by atoms with Crippen LogP contribution in [0.15, 0.2) is 0 Å². The average molecular weight is 231 g/mol. The Morgan fingerprint density at radius 1 is 1.36 bits per heavy atom. The summed E-state index contributed by atoms with van der Waals surface area (Å²) >= 11 is 4.32. The van der Waals surface area contributed by atoms with Gasteiger partial charge >= 0.3 is 0 Å². The third-order valence-corrected chi connectivity index (χ3v) is 6.16. The third kappa shape index (κ3) is 3.35. The number of nitrogens with one attached hydrogen (secondary N) is 1. The normalized spacial score (nSPS) is 30.2. The Labute approximate surface area is 96.2 Å². The van der Waals surface area contributed by atoms with Crippen LogP contribution in [0.1, 0.15) is 25.7 Å². The van der Waals surface area contributed by atoms with E-state index in [1.807, 2.05) is 0 Å². The summed E-state index contributed by atoms with van der Waals surface area (Å²) in [4.78, 5) is 0. The largest absolute Gasteiger partial charge is 0.316 e. The van der Waals surface area contributed by atoms with Gasteiger partial charge in [0.1, 0.15) is 0 Å². The maximum atomic E-state index is 3.52. The molecule has 1 N–H and O–H groups in total. The van der Waals surface area contributed by atoms with Gasteiger partial charge in [-0.2, -0.15) is 23.5 Å². The topological polar surface area (TPSA) is 12.0 Å². The maximum Gasteiger partial charge on any atom is 0.0291 e. The molecular formula is C11H21NS2. The Kier molecular flexibility index (Phi) is 4.51. The van der Waals surface area contributed by atoms with Crippen molar-refractivity contribution in [2.75, 3.05) is 24.3 Å². The van der Waals surface area contributed by atoms with Crippen molar-refractivity contribution < 1.29 is 0 Å². The molecule has 0 amide bonds. The van der Waals surface area contributed by atoms with Crippen LogP contribution in [0.4, 0.5) is 0 Å². The first kappa shape index (κ1) is 11.2. The summed E-state index contributed by atoms with van der Waals surface area (Å²) in [6, 6.07) is 0.772. The predicted octanol–water partition coefficient (Wildman–Crippen LogP) is 2.61. The van der Waals surface area contributed by atoms with E-state index in [4.69, 9.17) is 0 Å². The van der Waals surface area contributed by atoms with Gasteiger partial charge in [-0.05, 0) is 25.8 Å². The van der Waals surface area contributed by atoms with Crippen molar-refractivity contribution in [1.29, 1.82) is 0 Å². The molecule has 1 heterocycles. The molecule has 0 radical (unpaired) electrons. The molecule has 1 saturated heterocycles. The van der Waals surface area contributed by atoms with Gasteiger partial charge in [0, 0.05) is 28.6 Å².